The van der Waals surface area contributed by atoms with Crippen LogP contribution in [0.15, 0.2) is 72.8 Å². The maximum absolute atomic E-state index is 13.4. The summed E-state index contributed by atoms with van der Waals surface area (Å²) < 4.78 is 11.7. The lowest BCUT2D eigenvalue weighted by Crippen LogP contribution is -2.53. The first-order chi connectivity index (χ1) is 20.7. The van der Waals surface area contributed by atoms with Gasteiger partial charge in [0.05, 0.1) is 25.1 Å². The number of carbonyl (C=O) groups excluding carboxylic acids is 4. The van der Waals surface area contributed by atoms with Gasteiger partial charge in [0.1, 0.15) is 36.8 Å². The van der Waals surface area contributed by atoms with Gasteiger partial charge < -0.3 is 30.3 Å². The Balaban J connectivity index is 1.52. The number of likely N-dealkylation sites (N-methyl/N-ethyl adjacent to an activating group) is 1. The lowest BCUT2D eigenvalue weighted by Gasteiger charge is -2.27. The Morgan fingerprint density at radius 1 is 0.977 bits per heavy atom. The SMILES string of the molecule is Cc1cccc(OCCNC(=O)[C@@H]2CC(=O)N[C@H](Cc3ccccc3)C(=O)N(C)CCOc3ccccc3C(=O)N2)c1C. The molecule has 4 amide bonds. The summed E-state index contributed by atoms with van der Waals surface area (Å²) >= 11 is 0. The Bertz CT molecular complexity index is 1440. The number of aryl methyl sites for hydroxylation is 1. The van der Waals surface area contributed by atoms with Crippen molar-refractivity contribution in [3.05, 3.63) is 95.1 Å². The van der Waals surface area contributed by atoms with Gasteiger partial charge in [-0.1, -0.05) is 54.6 Å². The third-order valence-corrected chi connectivity index (χ3v) is 7.33. The molecule has 0 radical (unpaired) electrons. The van der Waals surface area contributed by atoms with E-state index in [0.717, 1.165) is 22.4 Å². The summed E-state index contributed by atoms with van der Waals surface area (Å²) in [4.78, 5) is 54.8. The lowest BCUT2D eigenvalue weighted by atomic mass is 10.0. The van der Waals surface area contributed by atoms with E-state index in [1.807, 2.05) is 62.4 Å². The van der Waals surface area contributed by atoms with E-state index in [4.69, 9.17) is 9.47 Å². The van der Waals surface area contributed by atoms with Crippen molar-refractivity contribution < 1.29 is 28.7 Å². The summed E-state index contributed by atoms with van der Waals surface area (Å²) in [6, 6.07) is 19.6. The van der Waals surface area contributed by atoms with Crippen molar-refractivity contribution in [3.63, 3.8) is 0 Å². The van der Waals surface area contributed by atoms with Gasteiger partial charge in [-0.15, -0.1) is 0 Å². The van der Waals surface area contributed by atoms with Gasteiger partial charge in [-0.2, -0.15) is 0 Å². The summed E-state index contributed by atoms with van der Waals surface area (Å²) in [5.41, 5.74) is 3.18. The number of ether oxygens (including phenoxy) is 2. The van der Waals surface area contributed by atoms with Gasteiger partial charge in [0.25, 0.3) is 5.91 Å². The minimum atomic E-state index is -1.21. The molecule has 0 fully saturated rings. The van der Waals surface area contributed by atoms with E-state index in [0.29, 0.717) is 5.75 Å². The standard InChI is InChI=1S/C33H38N4O6/c1-22-10-9-15-28(23(22)2)42-18-16-34-32(40)26-21-30(38)35-27(20-24-11-5-4-6-12-24)33(41)37(3)17-19-43-29-14-8-7-13-25(29)31(39)36-26/h4-15,26-27H,16-21H2,1-3H3,(H,34,40)(H,35,38)(H,36,39)/t26-,27+/m0/s1. The summed E-state index contributed by atoms with van der Waals surface area (Å²) in [6.07, 6.45) is -0.112. The number of hydrogen-bond acceptors (Lipinski definition) is 6. The molecule has 0 bridgehead atoms. The van der Waals surface area contributed by atoms with Crippen LogP contribution in [0.25, 0.3) is 0 Å². The van der Waals surface area contributed by atoms with Gasteiger partial charge in [0.2, 0.25) is 17.7 Å². The van der Waals surface area contributed by atoms with Crippen molar-refractivity contribution in [2.75, 3.05) is 33.4 Å². The molecule has 10 heteroatoms. The van der Waals surface area contributed by atoms with Crippen molar-refractivity contribution in [3.8, 4) is 11.5 Å². The molecule has 0 spiro atoms. The van der Waals surface area contributed by atoms with Crippen LogP contribution in [-0.4, -0.2) is 74.0 Å². The molecule has 226 valence electrons. The average Bonchev–Trinajstić information content (AvgIpc) is 3.00. The van der Waals surface area contributed by atoms with Crippen molar-refractivity contribution in [2.24, 2.45) is 0 Å². The summed E-state index contributed by atoms with van der Waals surface area (Å²) in [7, 11) is 1.64. The van der Waals surface area contributed by atoms with E-state index >= 15 is 0 Å². The number of nitrogens with zero attached hydrogens (tertiary/aromatic N) is 1. The lowest BCUT2D eigenvalue weighted by molar-refractivity contribution is -0.136. The van der Waals surface area contributed by atoms with Crippen LogP contribution in [0.2, 0.25) is 0 Å². The van der Waals surface area contributed by atoms with Gasteiger partial charge in [-0.25, -0.2) is 0 Å². The van der Waals surface area contributed by atoms with Crippen LogP contribution in [0.3, 0.4) is 0 Å². The van der Waals surface area contributed by atoms with Gasteiger partial charge in [0.15, 0.2) is 0 Å². The molecule has 1 heterocycles. The van der Waals surface area contributed by atoms with Crippen LogP contribution in [0, 0.1) is 13.8 Å². The van der Waals surface area contributed by atoms with Crippen molar-refractivity contribution in [1.82, 2.24) is 20.9 Å². The van der Waals surface area contributed by atoms with Gasteiger partial charge in [-0.05, 0) is 48.7 Å². The molecule has 10 nitrogen and oxygen atoms in total. The molecule has 3 aromatic rings. The molecule has 43 heavy (non-hydrogen) atoms. The molecule has 0 unspecified atom stereocenters. The minimum Gasteiger partial charge on any atom is -0.491 e. The molecule has 1 aliphatic rings. The van der Waals surface area contributed by atoms with E-state index < -0.39 is 29.8 Å². The zero-order valence-corrected chi connectivity index (χ0v) is 24.7. The van der Waals surface area contributed by atoms with Crippen molar-refractivity contribution >= 4 is 23.6 Å². The monoisotopic (exact) mass is 586 g/mol. The van der Waals surface area contributed by atoms with E-state index in [2.05, 4.69) is 16.0 Å². The fourth-order valence-electron chi connectivity index (χ4n) is 4.72. The molecule has 2 atom stereocenters. The average molecular weight is 587 g/mol. The zero-order valence-electron chi connectivity index (χ0n) is 24.7. The second kappa shape index (κ2) is 14.9. The third kappa shape index (κ3) is 8.57. The van der Waals surface area contributed by atoms with Crippen molar-refractivity contribution in [2.45, 2.75) is 38.8 Å². The summed E-state index contributed by atoms with van der Waals surface area (Å²) in [5, 5.41) is 8.24. The van der Waals surface area contributed by atoms with E-state index in [1.165, 1.54) is 4.90 Å². The fraction of sp³-hybridized carbons (Fsp3) is 0.333. The van der Waals surface area contributed by atoms with Crippen LogP contribution < -0.4 is 25.4 Å². The quantitative estimate of drug-likeness (QED) is 0.366. The highest BCUT2D eigenvalue weighted by atomic mass is 16.5. The highest BCUT2D eigenvalue weighted by Gasteiger charge is 2.30. The van der Waals surface area contributed by atoms with Crippen molar-refractivity contribution in [1.29, 1.82) is 0 Å². The number of amides is 4. The number of para-hydroxylation sites is 1. The Hall–Kier alpha value is -4.86. The molecule has 3 aromatic carbocycles. The molecule has 1 aliphatic heterocycles. The van der Waals surface area contributed by atoms with E-state index in [1.54, 1.807) is 31.3 Å². The molecule has 3 N–H and O–H groups in total. The predicted molar refractivity (Wildman–Crippen MR) is 162 cm³/mol. The van der Waals surface area contributed by atoms with Crippen LogP contribution in [-0.2, 0) is 20.8 Å². The second-order valence-electron chi connectivity index (χ2n) is 10.5. The summed E-state index contributed by atoms with van der Waals surface area (Å²) in [6.45, 7) is 4.67. The maximum Gasteiger partial charge on any atom is 0.255 e. The molecule has 0 aromatic heterocycles. The molecule has 0 aliphatic carbocycles. The van der Waals surface area contributed by atoms with Crippen LogP contribution >= 0.6 is 0 Å². The molecular formula is C33H38N4O6. The van der Waals surface area contributed by atoms with Crippen LogP contribution in [0.4, 0.5) is 0 Å². The normalized spacial score (nSPS) is 17.9. The number of carbonyl (C=O) groups is 4. The topological polar surface area (TPSA) is 126 Å². The Morgan fingerprint density at radius 3 is 2.51 bits per heavy atom. The minimum absolute atomic E-state index is 0.128. The Labute approximate surface area is 251 Å². The zero-order chi connectivity index (χ0) is 30.8. The van der Waals surface area contributed by atoms with Crippen LogP contribution in [0.1, 0.15) is 33.5 Å². The number of fused-ring (bicyclic) bond motifs is 1. The number of nitrogens with one attached hydrogen (secondary N) is 3. The summed E-state index contributed by atoms with van der Waals surface area (Å²) in [5.74, 6) is -0.921. The number of benzene rings is 3. The molecule has 4 rings (SSSR count). The maximum atomic E-state index is 13.4. The molecular weight excluding hydrogens is 548 g/mol. The highest BCUT2D eigenvalue weighted by Crippen LogP contribution is 2.21. The Kier molecular flexibility index (Phi) is 10.7. The smallest absolute Gasteiger partial charge is 0.255 e. The first-order valence-electron chi connectivity index (χ1n) is 14.3. The van der Waals surface area contributed by atoms with E-state index in [-0.39, 0.29) is 50.6 Å². The molecule has 0 saturated heterocycles. The van der Waals surface area contributed by atoms with E-state index in [9.17, 15) is 19.2 Å². The second-order valence-corrected chi connectivity index (χ2v) is 10.5. The largest absolute Gasteiger partial charge is 0.491 e. The third-order valence-electron chi connectivity index (χ3n) is 7.33. The highest BCUT2D eigenvalue weighted by molar-refractivity contribution is 6.01. The van der Waals surface area contributed by atoms with Gasteiger partial charge >= 0.3 is 0 Å². The molecule has 0 saturated carbocycles. The first kappa shape index (κ1) is 31.1. The fourth-order valence-corrected chi connectivity index (χ4v) is 4.72. The first-order valence-corrected chi connectivity index (χ1v) is 14.3. The number of rotatable bonds is 7. The van der Waals surface area contributed by atoms with Gasteiger partial charge in [0, 0.05) is 13.5 Å². The number of hydrogen-bond donors (Lipinski definition) is 3. The van der Waals surface area contributed by atoms with Gasteiger partial charge in [-0.3, -0.25) is 19.2 Å². The van der Waals surface area contributed by atoms with Crippen LogP contribution in [0.5, 0.6) is 11.5 Å². The Morgan fingerprint density at radius 2 is 1.72 bits per heavy atom. The predicted octanol–water partition coefficient (Wildman–Crippen LogP) is 2.57.